The average molecular weight is 491 g/mol. The summed E-state index contributed by atoms with van der Waals surface area (Å²) in [6.45, 7) is 7.55. The maximum Gasteiger partial charge on any atom is 0.188 e. The van der Waals surface area contributed by atoms with E-state index in [2.05, 4.69) is 0 Å². The zero-order valence-corrected chi connectivity index (χ0v) is 21.0. The third-order valence-corrected chi connectivity index (χ3v) is 6.79. The average Bonchev–Trinajstić information content (AvgIpc) is 2.73. The van der Waals surface area contributed by atoms with Crippen LogP contribution in [0, 0.1) is 0 Å². The number of halogens is 1. The molecule has 2 rings (SSSR count). The maximum atomic E-state index is 13.4. The number of benzene rings is 2. The van der Waals surface area contributed by atoms with Crippen molar-refractivity contribution < 1.29 is 19.4 Å². The van der Waals surface area contributed by atoms with E-state index in [0.717, 1.165) is 21.3 Å². The first-order valence-corrected chi connectivity index (χ1v) is 12.7. The van der Waals surface area contributed by atoms with Gasteiger partial charge in [-0.1, -0.05) is 43.7 Å². The van der Waals surface area contributed by atoms with Crippen LogP contribution in [0.5, 0.6) is 11.5 Å². The first-order chi connectivity index (χ1) is 15.3. The fourth-order valence-electron chi connectivity index (χ4n) is 3.01. The molecule has 0 saturated heterocycles. The Morgan fingerprint density at radius 3 is 2.22 bits per heavy atom. The summed E-state index contributed by atoms with van der Waals surface area (Å²) in [5.74, 6) is 1.14. The lowest BCUT2D eigenvalue weighted by atomic mass is 9.98. The maximum absolute atomic E-state index is 13.4. The Bertz CT molecular complexity index is 1020. The van der Waals surface area contributed by atoms with Crippen LogP contribution in [0.15, 0.2) is 46.7 Å². The molecule has 0 fully saturated rings. The molecule has 0 unspecified atom stereocenters. The van der Waals surface area contributed by atoms with Gasteiger partial charge in [-0.15, -0.1) is 23.5 Å². The van der Waals surface area contributed by atoms with Crippen LogP contribution in [0.2, 0.25) is 5.02 Å². The number of thioether (sulfide) groups is 2. The number of ketones is 2. The smallest absolute Gasteiger partial charge is 0.188 e. The van der Waals surface area contributed by atoms with E-state index >= 15 is 0 Å². The van der Waals surface area contributed by atoms with Crippen LogP contribution >= 0.6 is 35.1 Å². The fourth-order valence-corrected chi connectivity index (χ4v) is 5.42. The van der Waals surface area contributed by atoms with Crippen molar-refractivity contribution in [3.63, 3.8) is 0 Å². The van der Waals surface area contributed by atoms with Crippen molar-refractivity contribution in [2.75, 3.05) is 18.1 Å². The second-order valence-corrected chi connectivity index (χ2v) is 9.88. The number of carbonyl (C=O) groups is 2. The van der Waals surface area contributed by atoms with Crippen LogP contribution in [-0.2, 0) is 4.79 Å². The highest BCUT2D eigenvalue weighted by molar-refractivity contribution is 8.22. The fraction of sp³-hybridized carbons (Fsp3) is 0.280. The number of ether oxygens (including phenoxy) is 1. The summed E-state index contributed by atoms with van der Waals surface area (Å²) < 4.78 is 6.49. The first-order valence-electron chi connectivity index (χ1n) is 10.3. The van der Waals surface area contributed by atoms with Crippen molar-refractivity contribution in [3.8, 4) is 11.5 Å². The molecule has 0 amide bonds. The standard InChI is InChI=1S/C25H27ClO4S2/c1-5-30-22-15-18(14-21(29)23(22)16(4)27)24(25(31-6-2)32-7-3)20(28)13-10-17-8-11-19(26)12-9-17/h8-15,29H,5-7H2,1-4H3/b13-10+. The highest BCUT2D eigenvalue weighted by Crippen LogP contribution is 2.40. The number of rotatable bonds is 11. The predicted molar refractivity (Wildman–Crippen MR) is 138 cm³/mol. The van der Waals surface area contributed by atoms with Crippen LogP contribution in [0.25, 0.3) is 11.6 Å². The van der Waals surface area contributed by atoms with Crippen molar-refractivity contribution in [1.29, 1.82) is 0 Å². The number of aromatic hydroxyl groups is 1. The minimum atomic E-state index is -0.303. The van der Waals surface area contributed by atoms with E-state index in [9.17, 15) is 14.7 Å². The molecule has 7 heteroatoms. The quantitative estimate of drug-likeness (QED) is 0.267. The molecule has 4 nitrogen and oxygen atoms in total. The SMILES string of the molecule is CCOc1cc(C(C(=O)/C=C/c2ccc(Cl)cc2)=C(SCC)SCC)cc(O)c1C(C)=O. The largest absolute Gasteiger partial charge is 0.507 e. The lowest BCUT2D eigenvalue weighted by Crippen LogP contribution is -2.05. The van der Waals surface area contributed by atoms with Gasteiger partial charge in [0.05, 0.1) is 10.8 Å². The Kier molecular flexibility index (Phi) is 10.4. The van der Waals surface area contributed by atoms with Crippen molar-refractivity contribution in [2.45, 2.75) is 27.7 Å². The van der Waals surface area contributed by atoms with Crippen molar-refractivity contribution in [3.05, 3.63) is 68.4 Å². The highest BCUT2D eigenvalue weighted by atomic mass is 35.5. The summed E-state index contributed by atoms with van der Waals surface area (Å²) in [6.07, 6.45) is 3.25. The molecule has 32 heavy (non-hydrogen) atoms. The number of allylic oxidation sites excluding steroid dienone is 2. The van der Waals surface area contributed by atoms with E-state index in [0.29, 0.717) is 22.8 Å². The van der Waals surface area contributed by atoms with Gasteiger partial charge in [0.1, 0.15) is 17.1 Å². The van der Waals surface area contributed by atoms with Crippen LogP contribution in [0.1, 0.15) is 49.2 Å². The van der Waals surface area contributed by atoms with Gasteiger partial charge in [-0.2, -0.15) is 0 Å². The predicted octanol–water partition coefficient (Wildman–Crippen LogP) is 7.10. The van der Waals surface area contributed by atoms with E-state index in [1.54, 1.807) is 54.7 Å². The summed E-state index contributed by atoms with van der Waals surface area (Å²) in [6, 6.07) is 10.3. The van der Waals surface area contributed by atoms with Crippen molar-refractivity contribution in [1.82, 2.24) is 0 Å². The number of Topliss-reactive ketones (excluding diaryl/α,β-unsaturated/α-hetero) is 1. The molecule has 0 atom stereocenters. The van der Waals surface area contributed by atoms with E-state index in [-0.39, 0.29) is 28.6 Å². The lowest BCUT2D eigenvalue weighted by Gasteiger charge is -2.16. The van der Waals surface area contributed by atoms with Crippen molar-refractivity contribution >= 4 is 58.3 Å². The van der Waals surface area contributed by atoms with Gasteiger partial charge in [-0.25, -0.2) is 0 Å². The summed E-state index contributed by atoms with van der Waals surface area (Å²) >= 11 is 9.09. The van der Waals surface area contributed by atoms with Crippen molar-refractivity contribution in [2.24, 2.45) is 0 Å². The third-order valence-electron chi connectivity index (χ3n) is 4.32. The number of hydrogen-bond donors (Lipinski definition) is 1. The Labute approximate surface area is 203 Å². The van der Waals surface area contributed by atoms with Gasteiger partial charge in [0.2, 0.25) is 0 Å². The van der Waals surface area contributed by atoms with E-state index in [1.807, 2.05) is 26.0 Å². The molecule has 2 aromatic rings. The molecule has 0 aliphatic heterocycles. The topological polar surface area (TPSA) is 63.6 Å². The van der Waals surface area contributed by atoms with Crippen LogP contribution in [-0.4, -0.2) is 34.8 Å². The summed E-state index contributed by atoms with van der Waals surface area (Å²) in [5, 5.41) is 11.2. The zero-order valence-electron chi connectivity index (χ0n) is 18.6. The van der Waals surface area contributed by atoms with Gasteiger partial charge in [-0.3, -0.25) is 9.59 Å². The van der Waals surface area contributed by atoms with Gasteiger partial charge >= 0.3 is 0 Å². The van der Waals surface area contributed by atoms with Crippen LogP contribution < -0.4 is 4.74 Å². The second kappa shape index (κ2) is 12.8. The molecule has 0 saturated carbocycles. The lowest BCUT2D eigenvalue weighted by molar-refractivity contribution is -0.109. The number of phenols is 1. The molecule has 0 aliphatic carbocycles. The van der Waals surface area contributed by atoms with Crippen LogP contribution in [0.3, 0.4) is 0 Å². The van der Waals surface area contributed by atoms with Gasteiger partial charge < -0.3 is 9.84 Å². The highest BCUT2D eigenvalue weighted by Gasteiger charge is 2.22. The molecule has 0 spiro atoms. The van der Waals surface area contributed by atoms with E-state index < -0.39 is 0 Å². The van der Waals surface area contributed by atoms with E-state index in [4.69, 9.17) is 16.3 Å². The third kappa shape index (κ3) is 6.92. The molecule has 0 aliphatic rings. The molecule has 0 heterocycles. The minimum absolute atomic E-state index is 0.118. The molecular formula is C25H27ClO4S2. The number of carbonyl (C=O) groups excluding carboxylic acids is 2. The Morgan fingerprint density at radius 2 is 1.69 bits per heavy atom. The Hall–Kier alpha value is -2.15. The summed E-state index contributed by atoms with van der Waals surface area (Å²) in [7, 11) is 0. The van der Waals surface area contributed by atoms with Gasteiger partial charge in [0.15, 0.2) is 11.6 Å². The zero-order chi connectivity index (χ0) is 23.7. The summed E-state index contributed by atoms with van der Waals surface area (Å²) in [5.41, 5.74) is 1.95. The normalized spacial score (nSPS) is 10.9. The van der Waals surface area contributed by atoms with Crippen LogP contribution in [0.4, 0.5) is 0 Å². The molecule has 0 bridgehead atoms. The summed E-state index contributed by atoms with van der Waals surface area (Å²) in [4.78, 5) is 25.4. The molecule has 170 valence electrons. The number of phenolic OH excluding ortho intramolecular Hbond substituents is 1. The molecule has 0 radical (unpaired) electrons. The second-order valence-electron chi connectivity index (χ2n) is 6.64. The van der Waals surface area contributed by atoms with Gasteiger partial charge in [0, 0.05) is 10.6 Å². The van der Waals surface area contributed by atoms with E-state index in [1.165, 1.54) is 19.1 Å². The molecule has 0 aromatic heterocycles. The monoisotopic (exact) mass is 490 g/mol. The first kappa shape index (κ1) is 26.1. The molecular weight excluding hydrogens is 464 g/mol. The minimum Gasteiger partial charge on any atom is -0.507 e. The number of hydrogen-bond acceptors (Lipinski definition) is 6. The van der Waals surface area contributed by atoms with Gasteiger partial charge in [-0.05, 0) is 66.8 Å². The Morgan fingerprint density at radius 1 is 1.06 bits per heavy atom. The molecule has 1 N–H and O–H groups in total. The molecule has 2 aromatic carbocycles. The van der Waals surface area contributed by atoms with Gasteiger partial charge in [0.25, 0.3) is 0 Å². The Balaban J connectivity index is 2.64.